The molecule has 2 heterocycles. The fraction of sp³-hybridized carbons (Fsp3) is 0.118. The van der Waals surface area contributed by atoms with Gasteiger partial charge in [0.15, 0.2) is 12.4 Å². The number of Topliss-reactive ketones (excluding diaryl/α,β-unsaturated/α-hetero) is 1. The Morgan fingerprint density at radius 2 is 1.86 bits per heavy atom. The molecule has 110 valence electrons. The quantitative estimate of drug-likeness (QED) is 0.546. The van der Waals surface area contributed by atoms with Crippen LogP contribution >= 0.6 is 0 Å². The molecule has 2 aromatic heterocycles. The monoisotopic (exact) mass is 295 g/mol. The first kappa shape index (κ1) is 14.0. The number of nitrogens with zero attached hydrogens (tertiary/aromatic N) is 1. The average Bonchev–Trinajstić information content (AvgIpc) is 2.90. The number of carbonyl (C=O) groups is 2. The maximum Gasteiger partial charge on any atom is 0.338 e. The predicted molar refractivity (Wildman–Crippen MR) is 79.8 cm³/mol. The summed E-state index contributed by atoms with van der Waals surface area (Å²) >= 11 is 0. The minimum absolute atomic E-state index is 0.226. The Kier molecular flexibility index (Phi) is 3.70. The van der Waals surface area contributed by atoms with Gasteiger partial charge in [0.1, 0.15) is 5.58 Å². The fourth-order valence-electron chi connectivity index (χ4n) is 2.21. The van der Waals surface area contributed by atoms with Gasteiger partial charge in [-0.1, -0.05) is 18.2 Å². The first-order valence-corrected chi connectivity index (χ1v) is 6.75. The molecule has 22 heavy (non-hydrogen) atoms. The number of fused-ring (bicyclic) bond motifs is 1. The normalized spacial score (nSPS) is 10.6. The molecule has 3 aromatic rings. The number of furan rings is 1. The fourth-order valence-corrected chi connectivity index (χ4v) is 2.21. The molecule has 0 unspecified atom stereocenters. The topological polar surface area (TPSA) is 69.4 Å². The van der Waals surface area contributed by atoms with Crippen molar-refractivity contribution < 1.29 is 18.7 Å². The number of pyridine rings is 1. The highest BCUT2D eigenvalue weighted by Crippen LogP contribution is 2.25. The number of ether oxygens (including phenoxy) is 1. The van der Waals surface area contributed by atoms with Crippen LogP contribution < -0.4 is 0 Å². The van der Waals surface area contributed by atoms with Crippen molar-refractivity contribution in [2.24, 2.45) is 0 Å². The SMILES string of the molecule is Cc1c(C(=O)COC(=O)c2ccncc2)oc2ccccc12. The van der Waals surface area contributed by atoms with Crippen LogP contribution in [0, 0.1) is 6.92 Å². The lowest BCUT2D eigenvalue weighted by molar-refractivity contribution is 0.0468. The van der Waals surface area contributed by atoms with Crippen molar-refractivity contribution in [1.82, 2.24) is 4.98 Å². The van der Waals surface area contributed by atoms with Crippen LogP contribution in [0.4, 0.5) is 0 Å². The van der Waals surface area contributed by atoms with E-state index < -0.39 is 5.97 Å². The standard InChI is InChI=1S/C17H13NO4/c1-11-13-4-2-3-5-15(13)22-16(11)14(19)10-21-17(20)12-6-8-18-9-7-12/h2-9H,10H2,1H3. The van der Waals surface area contributed by atoms with Crippen molar-refractivity contribution in [3.8, 4) is 0 Å². The maximum absolute atomic E-state index is 12.2. The molecule has 0 aliphatic rings. The largest absolute Gasteiger partial charge is 0.454 e. The second-order valence-corrected chi connectivity index (χ2v) is 4.79. The van der Waals surface area contributed by atoms with E-state index in [1.165, 1.54) is 24.5 Å². The lowest BCUT2D eigenvalue weighted by atomic mass is 10.1. The van der Waals surface area contributed by atoms with Crippen LogP contribution in [0.5, 0.6) is 0 Å². The van der Waals surface area contributed by atoms with Gasteiger partial charge in [-0.05, 0) is 25.1 Å². The zero-order valence-corrected chi connectivity index (χ0v) is 11.9. The molecule has 5 nitrogen and oxygen atoms in total. The molecule has 0 fully saturated rings. The third-order valence-electron chi connectivity index (χ3n) is 3.35. The summed E-state index contributed by atoms with van der Waals surface area (Å²) in [5.74, 6) is -0.704. The van der Waals surface area contributed by atoms with E-state index in [2.05, 4.69) is 4.98 Å². The minimum Gasteiger partial charge on any atom is -0.454 e. The predicted octanol–water partition coefficient (Wildman–Crippen LogP) is 3.18. The van der Waals surface area contributed by atoms with E-state index in [0.717, 1.165) is 10.9 Å². The molecule has 0 aliphatic heterocycles. The van der Waals surface area contributed by atoms with Gasteiger partial charge < -0.3 is 9.15 Å². The Morgan fingerprint density at radius 1 is 1.14 bits per heavy atom. The summed E-state index contributed by atoms with van der Waals surface area (Å²) in [4.78, 5) is 27.8. The van der Waals surface area contributed by atoms with Gasteiger partial charge in [-0.2, -0.15) is 0 Å². The molecule has 0 saturated carbocycles. The number of benzene rings is 1. The summed E-state index contributed by atoms with van der Waals surface area (Å²) in [6, 6.07) is 10.4. The van der Waals surface area contributed by atoms with E-state index in [-0.39, 0.29) is 18.2 Å². The third kappa shape index (κ3) is 2.61. The van der Waals surface area contributed by atoms with Crippen LogP contribution in [-0.4, -0.2) is 23.3 Å². The van der Waals surface area contributed by atoms with Gasteiger partial charge in [-0.3, -0.25) is 9.78 Å². The third-order valence-corrected chi connectivity index (χ3v) is 3.35. The van der Waals surface area contributed by atoms with Gasteiger partial charge in [0.25, 0.3) is 0 Å². The van der Waals surface area contributed by atoms with E-state index in [1.807, 2.05) is 25.1 Å². The second-order valence-electron chi connectivity index (χ2n) is 4.79. The average molecular weight is 295 g/mol. The minimum atomic E-state index is -0.565. The Morgan fingerprint density at radius 3 is 2.59 bits per heavy atom. The van der Waals surface area contributed by atoms with E-state index in [0.29, 0.717) is 11.1 Å². The molecular formula is C17H13NO4. The Balaban J connectivity index is 1.74. The first-order valence-electron chi connectivity index (χ1n) is 6.75. The summed E-state index contributed by atoms with van der Waals surface area (Å²) in [6.07, 6.45) is 2.98. The number of aryl methyl sites for hydroxylation is 1. The number of rotatable bonds is 4. The van der Waals surface area contributed by atoms with Crippen LogP contribution in [0.2, 0.25) is 0 Å². The number of aromatic nitrogens is 1. The molecule has 0 atom stereocenters. The Labute approximate surface area is 126 Å². The molecule has 5 heteroatoms. The van der Waals surface area contributed by atoms with Crippen LogP contribution in [0.1, 0.15) is 26.5 Å². The summed E-state index contributed by atoms with van der Waals surface area (Å²) in [6.45, 7) is 1.45. The first-order chi connectivity index (χ1) is 10.7. The van der Waals surface area contributed by atoms with Gasteiger partial charge in [0, 0.05) is 23.3 Å². The van der Waals surface area contributed by atoms with E-state index in [1.54, 1.807) is 6.07 Å². The van der Waals surface area contributed by atoms with Gasteiger partial charge in [0.05, 0.1) is 5.56 Å². The van der Waals surface area contributed by atoms with Crippen molar-refractivity contribution in [2.45, 2.75) is 6.92 Å². The molecule has 0 spiro atoms. The smallest absolute Gasteiger partial charge is 0.338 e. The van der Waals surface area contributed by atoms with E-state index in [4.69, 9.17) is 9.15 Å². The van der Waals surface area contributed by atoms with Gasteiger partial charge in [0.2, 0.25) is 5.78 Å². The number of esters is 1. The zero-order chi connectivity index (χ0) is 15.5. The van der Waals surface area contributed by atoms with Crippen molar-refractivity contribution in [3.63, 3.8) is 0 Å². The summed E-state index contributed by atoms with van der Waals surface area (Å²) in [7, 11) is 0. The molecular weight excluding hydrogens is 282 g/mol. The Hall–Kier alpha value is -2.95. The van der Waals surface area contributed by atoms with Crippen LogP contribution in [0.3, 0.4) is 0 Å². The molecule has 0 saturated heterocycles. The summed E-state index contributed by atoms with van der Waals surface area (Å²) < 4.78 is 10.6. The number of hydrogen-bond donors (Lipinski definition) is 0. The van der Waals surface area contributed by atoms with Gasteiger partial charge in [-0.25, -0.2) is 4.79 Å². The molecule has 0 amide bonds. The molecule has 0 bridgehead atoms. The van der Waals surface area contributed by atoms with Crippen molar-refractivity contribution in [1.29, 1.82) is 0 Å². The highest BCUT2D eigenvalue weighted by atomic mass is 16.5. The molecule has 0 radical (unpaired) electrons. The lowest BCUT2D eigenvalue weighted by Gasteiger charge is -2.03. The van der Waals surface area contributed by atoms with Gasteiger partial charge >= 0.3 is 5.97 Å². The van der Waals surface area contributed by atoms with Crippen molar-refractivity contribution >= 4 is 22.7 Å². The number of para-hydroxylation sites is 1. The molecule has 1 aromatic carbocycles. The molecule has 0 aliphatic carbocycles. The molecule has 3 rings (SSSR count). The number of ketones is 1. The van der Waals surface area contributed by atoms with E-state index in [9.17, 15) is 9.59 Å². The summed E-state index contributed by atoms with van der Waals surface area (Å²) in [5.41, 5.74) is 1.74. The second kappa shape index (κ2) is 5.81. The highest BCUT2D eigenvalue weighted by Gasteiger charge is 2.19. The van der Waals surface area contributed by atoms with E-state index >= 15 is 0 Å². The highest BCUT2D eigenvalue weighted by molar-refractivity contribution is 6.02. The maximum atomic E-state index is 12.2. The summed E-state index contributed by atoms with van der Waals surface area (Å²) in [5, 5.41) is 0.881. The van der Waals surface area contributed by atoms with Crippen LogP contribution in [0.25, 0.3) is 11.0 Å². The van der Waals surface area contributed by atoms with Crippen molar-refractivity contribution in [2.75, 3.05) is 6.61 Å². The lowest BCUT2D eigenvalue weighted by Crippen LogP contribution is -2.14. The van der Waals surface area contributed by atoms with Crippen LogP contribution in [-0.2, 0) is 4.74 Å². The number of hydrogen-bond acceptors (Lipinski definition) is 5. The van der Waals surface area contributed by atoms with Crippen LogP contribution in [0.15, 0.2) is 53.2 Å². The van der Waals surface area contributed by atoms with Gasteiger partial charge in [-0.15, -0.1) is 0 Å². The van der Waals surface area contributed by atoms with Crippen molar-refractivity contribution in [3.05, 3.63) is 65.7 Å². The zero-order valence-electron chi connectivity index (χ0n) is 11.9. The Bertz CT molecular complexity index is 836. The molecule has 0 N–H and O–H groups in total. The number of carbonyl (C=O) groups excluding carboxylic acids is 2.